The van der Waals surface area contributed by atoms with Crippen LogP contribution in [0.4, 0.5) is 0 Å². The summed E-state index contributed by atoms with van der Waals surface area (Å²) in [5, 5.41) is 9.62. The molecule has 2 aromatic rings. The molecule has 0 atom stereocenters. The Kier molecular flexibility index (Phi) is 2.66. The van der Waals surface area contributed by atoms with E-state index in [1.54, 1.807) is 0 Å². The lowest BCUT2D eigenvalue weighted by Gasteiger charge is -2.14. The highest BCUT2D eigenvalue weighted by atomic mass is 15.1. The van der Waals surface area contributed by atoms with Gasteiger partial charge in [0.2, 0.25) is 0 Å². The number of nitrogens with zero attached hydrogens (tertiary/aromatic N) is 2. The summed E-state index contributed by atoms with van der Waals surface area (Å²) in [7, 11) is 0. The second-order valence-electron chi connectivity index (χ2n) is 4.79. The van der Waals surface area contributed by atoms with Gasteiger partial charge in [0.1, 0.15) is 0 Å². The van der Waals surface area contributed by atoms with Crippen LogP contribution in [0.1, 0.15) is 42.0 Å². The van der Waals surface area contributed by atoms with Crippen LogP contribution >= 0.6 is 0 Å². The lowest BCUT2D eigenvalue weighted by Crippen LogP contribution is -1.99. The van der Waals surface area contributed by atoms with Crippen LogP contribution < -0.4 is 0 Å². The van der Waals surface area contributed by atoms with Gasteiger partial charge in [0, 0.05) is 5.39 Å². The molecular formula is C14H18N2. The minimum absolute atomic E-state index is 0.485. The van der Waals surface area contributed by atoms with Crippen LogP contribution in [0.3, 0.4) is 0 Å². The molecule has 0 aliphatic heterocycles. The summed E-state index contributed by atoms with van der Waals surface area (Å²) in [6, 6.07) is 2.14. The zero-order chi connectivity index (χ0) is 11.9. The largest absolute Gasteiger partial charge is 0.158 e. The van der Waals surface area contributed by atoms with Gasteiger partial charge < -0.3 is 0 Å². The van der Waals surface area contributed by atoms with E-state index in [4.69, 9.17) is 0 Å². The molecule has 0 spiro atoms. The van der Waals surface area contributed by atoms with Gasteiger partial charge in [-0.15, -0.1) is 0 Å². The lowest BCUT2D eigenvalue weighted by atomic mass is 9.93. The molecule has 2 heteroatoms. The van der Waals surface area contributed by atoms with Gasteiger partial charge in [0.15, 0.2) is 0 Å². The third-order valence-corrected chi connectivity index (χ3v) is 3.41. The van der Waals surface area contributed by atoms with Crippen LogP contribution in [0.5, 0.6) is 0 Å². The molecule has 0 saturated heterocycles. The maximum atomic E-state index is 4.24. The summed E-state index contributed by atoms with van der Waals surface area (Å²) in [6.45, 7) is 10.9. The second-order valence-corrected chi connectivity index (χ2v) is 4.79. The van der Waals surface area contributed by atoms with E-state index in [1.807, 2.05) is 6.20 Å². The molecule has 84 valence electrons. The van der Waals surface area contributed by atoms with Crippen molar-refractivity contribution in [3.05, 3.63) is 34.5 Å². The molecule has 0 N–H and O–H groups in total. The van der Waals surface area contributed by atoms with Crippen LogP contribution in [-0.2, 0) is 0 Å². The fraction of sp³-hybridized carbons (Fsp3) is 0.429. The fourth-order valence-corrected chi connectivity index (χ4v) is 2.16. The molecule has 0 aliphatic carbocycles. The van der Waals surface area contributed by atoms with Crippen LogP contribution in [-0.4, -0.2) is 10.2 Å². The predicted octanol–water partition coefficient (Wildman–Crippen LogP) is 3.68. The highest BCUT2D eigenvalue weighted by Crippen LogP contribution is 2.29. The predicted molar refractivity (Wildman–Crippen MR) is 67.8 cm³/mol. The summed E-state index contributed by atoms with van der Waals surface area (Å²) in [4.78, 5) is 0. The van der Waals surface area contributed by atoms with Crippen molar-refractivity contribution in [3.63, 3.8) is 0 Å². The molecule has 0 radical (unpaired) electrons. The van der Waals surface area contributed by atoms with Gasteiger partial charge in [-0.25, -0.2) is 0 Å². The molecule has 1 heterocycles. The maximum Gasteiger partial charge on any atom is 0.0938 e. The molecule has 0 bridgehead atoms. The van der Waals surface area contributed by atoms with Crippen LogP contribution in [0.2, 0.25) is 0 Å². The molecule has 0 aliphatic rings. The number of rotatable bonds is 1. The summed E-state index contributed by atoms with van der Waals surface area (Å²) in [6.07, 6.45) is 1.90. The zero-order valence-electron chi connectivity index (χ0n) is 10.6. The number of benzene rings is 1. The number of hydrogen-bond acceptors (Lipinski definition) is 2. The summed E-state index contributed by atoms with van der Waals surface area (Å²) >= 11 is 0. The normalized spacial score (nSPS) is 11.4. The van der Waals surface area contributed by atoms with Crippen molar-refractivity contribution >= 4 is 10.9 Å². The first kappa shape index (κ1) is 11.1. The Balaban J connectivity index is 2.92. The Morgan fingerprint density at radius 1 is 1.06 bits per heavy atom. The smallest absolute Gasteiger partial charge is 0.0938 e. The van der Waals surface area contributed by atoms with Crippen molar-refractivity contribution in [1.82, 2.24) is 10.2 Å². The number of hydrogen-bond donors (Lipinski definition) is 0. The van der Waals surface area contributed by atoms with Gasteiger partial charge >= 0.3 is 0 Å². The standard InChI is InChI=1S/C14H18N2/c1-8(2)12-7-15-16-13-6-9(3)10(4)11(5)14(12)13/h6-8H,1-5H3. The SMILES string of the molecule is Cc1cc2nncc(C(C)C)c2c(C)c1C. The number of aryl methyl sites for hydroxylation is 2. The van der Waals surface area contributed by atoms with E-state index in [2.05, 4.69) is 50.9 Å². The van der Waals surface area contributed by atoms with E-state index in [9.17, 15) is 0 Å². The summed E-state index contributed by atoms with van der Waals surface area (Å²) in [5.74, 6) is 0.485. The van der Waals surface area contributed by atoms with Gasteiger partial charge in [0.05, 0.1) is 11.7 Å². The molecule has 16 heavy (non-hydrogen) atoms. The Morgan fingerprint density at radius 2 is 1.75 bits per heavy atom. The van der Waals surface area contributed by atoms with Crippen molar-refractivity contribution in [2.45, 2.75) is 40.5 Å². The summed E-state index contributed by atoms with van der Waals surface area (Å²) in [5.41, 5.74) is 6.31. The van der Waals surface area contributed by atoms with E-state index < -0.39 is 0 Å². The zero-order valence-corrected chi connectivity index (χ0v) is 10.6. The molecule has 2 rings (SSSR count). The molecule has 0 fully saturated rings. The van der Waals surface area contributed by atoms with E-state index in [1.165, 1.54) is 27.6 Å². The first-order chi connectivity index (χ1) is 7.52. The lowest BCUT2D eigenvalue weighted by molar-refractivity contribution is 0.856. The topological polar surface area (TPSA) is 25.8 Å². The Hall–Kier alpha value is -1.44. The van der Waals surface area contributed by atoms with Crippen molar-refractivity contribution in [3.8, 4) is 0 Å². The average molecular weight is 214 g/mol. The Morgan fingerprint density at radius 3 is 2.38 bits per heavy atom. The first-order valence-electron chi connectivity index (χ1n) is 5.74. The third kappa shape index (κ3) is 1.58. The first-order valence-corrected chi connectivity index (χ1v) is 5.74. The molecule has 1 aromatic carbocycles. The van der Waals surface area contributed by atoms with E-state index >= 15 is 0 Å². The maximum absolute atomic E-state index is 4.24. The van der Waals surface area contributed by atoms with E-state index in [0.717, 1.165) is 5.52 Å². The fourth-order valence-electron chi connectivity index (χ4n) is 2.16. The van der Waals surface area contributed by atoms with Crippen molar-refractivity contribution in [2.24, 2.45) is 0 Å². The van der Waals surface area contributed by atoms with Crippen LogP contribution in [0.15, 0.2) is 12.3 Å². The molecule has 2 nitrogen and oxygen atoms in total. The minimum atomic E-state index is 0.485. The van der Waals surface area contributed by atoms with Crippen molar-refractivity contribution in [2.75, 3.05) is 0 Å². The number of aromatic nitrogens is 2. The van der Waals surface area contributed by atoms with Gasteiger partial charge in [-0.1, -0.05) is 13.8 Å². The second kappa shape index (κ2) is 3.85. The highest BCUT2D eigenvalue weighted by Gasteiger charge is 2.11. The molecule has 0 saturated carbocycles. The Bertz CT molecular complexity index is 542. The van der Waals surface area contributed by atoms with Crippen LogP contribution in [0, 0.1) is 20.8 Å². The highest BCUT2D eigenvalue weighted by molar-refractivity contribution is 5.87. The van der Waals surface area contributed by atoms with E-state index in [-0.39, 0.29) is 0 Å². The Labute approximate surface area is 96.7 Å². The quantitative estimate of drug-likeness (QED) is 0.723. The van der Waals surface area contributed by atoms with E-state index in [0.29, 0.717) is 5.92 Å². The molecular weight excluding hydrogens is 196 g/mol. The average Bonchev–Trinajstić information content (AvgIpc) is 2.25. The third-order valence-electron chi connectivity index (χ3n) is 3.41. The summed E-state index contributed by atoms with van der Waals surface area (Å²) < 4.78 is 0. The van der Waals surface area contributed by atoms with Gasteiger partial charge in [-0.2, -0.15) is 10.2 Å². The monoisotopic (exact) mass is 214 g/mol. The van der Waals surface area contributed by atoms with Gasteiger partial charge in [-0.3, -0.25) is 0 Å². The minimum Gasteiger partial charge on any atom is -0.158 e. The van der Waals surface area contributed by atoms with Crippen LogP contribution in [0.25, 0.3) is 10.9 Å². The van der Waals surface area contributed by atoms with Gasteiger partial charge in [0.25, 0.3) is 0 Å². The molecule has 1 aromatic heterocycles. The van der Waals surface area contributed by atoms with Crippen molar-refractivity contribution < 1.29 is 0 Å². The van der Waals surface area contributed by atoms with Gasteiger partial charge in [-0.05, 0) is 55.0 Å². The molecule has 0 unspecified atom stereocenters. The number of fused-ring (bicyclic) bond motifs is 1. The van der Waals surface area contributed by atoms with Crippen molar-refractivity contribution in [1.29, 1.82) is 0 Å². The molecule has 0 amide bonds.